The van der Waals surface area contributed by atoms with E-state index in [9.17, 15) is 5.48 Å². The molecule has 0 aliphatic carbocycles. The lowest BCUT2D eigenvalue weighted by atomic mass is 9.89. The molecule has 0 radical (unpaired) electrons. The quantitative estimate of drug-likeness (QED) is 0.140. The molecule has 0 amide bonds. The minimum atomic E-state index is -0.128. The Morgan fingerprint density at radius 1 is 0.224 bits per heavy atom. The summed E-state index contributed by atoms with van der Waals surface area (Å²) in [7, 11) is 0. The number of fused-ring (bicyclic) bond motifs is 3. The summed E-state index contributed by atoms with van der Waals surface area (Å²) in [4.78, 5) is 1.87. The lowest BCUT2D eigenvalue weighted by Crippen LogP contribution is -2.09. The van der Waals surface area contributed by atoms with Gasteiger partial charge in [-0.2, -0.15) is 0 Å². The van der Waals surface area contributed by atoms with Crippen molar-refractivity contribution < 1.29 is 5.48 Å². The second kappa shape index (κ2) is 17.3. The van der Waals surface area contributed by atoms with E-state index in [0.29, 0.717) is 16.9 Å². The normalized spacial score (nSPS) is 12.1. The third-order valence-corrected chi connectivity index (χ3v) is 13.0. The van der Waals surface area contributed by atoms with Crippen molar-refractivity contribution in [3.63, 3.8) is 0 Å². The number of anilines is 3. The number of rotatable bonds is 9. The minimum Gasteiger partial charge on any atom is -0.311 e. The molecule has 0 saturated carbocycles. The fourth-order valence-electron chi connectivity index (χ4n) is 9.60. The van der Waals surface area contributed by atoms with Crippen molar-refractivity contribution in [3.05, 3.63) is 273 Å². The van der Waals surface area contributed by atoms with Crippen molar-refractivity contribution in [2.75, 3.05) is 4.90 Å². The Hall–Kier alpha value is -8.78. The lowest BCUT2D eigenvalue weighted by molar-refractivity contribution is 1.28. The first-order valence-corrected chi connectivity index (χ1v) is 22.7. The van der Waals surface area contributed by atoms with Crippen LogP contribution >= 0.6 is 0 Å². The highest BCUT2D eigenvalue weighted by Gasteiger charge is 2.17. The fourth-order valence-corrected chi connectivity index (χ4v) is 9.60. The highest BCUT2D eigenvalue weighted by molar-refractivity contribution is 6.04. The molecule has 0 N–H and O–H groups in total. The highest BCUT2D eigenvalue weighted by atomic mass is 15.1. The number of hydrogen-bond acceptors (Lipinski definition) is 1. The standard InChI is InChI=1S/C66H45N/c1-2-12-52(13-3-1)65-45-38-53-16-6-9-21-64(53)66(65)56-36-43-59(44-37-56)67(57-39-32-48(33-40-57)46-24-28-54(29-25-46)62-22-10-17-50-14-4-7-19-60(50)62)58-41-34-49(35-42-58)47-26-30-55(31-27-47)63-23-11-18-51-15-5-8-20-61(51)63/h1-45H/i32D,33D,39D,40D. The molecule has 0 saturated heterocycles. The van der Waals surface area contributed by atoms with Crippen LogP contribution in [-0.4, -0.2) is 0 Å². The van der Waals surface area contributed by atoms with Crippen molar-refractivity contribution in [3.8, 4) is 66.8 Å². The molecular weight excluding hydrogens is 807 g/mol. The molecule has 0 atom stereocenters. The third kappa shape index (κ3) is 7.63. The number of nitrogens with zero attached hydrogens (tertiary/aromatic N) is 1. The first-order chi connectivity index (χ1) is 34.9. The zero-order valence-corrected chi connectivity index (χ0v) is 36.6. The molecule has 0 aliphatic heterocycles. The van der Waals surface area contributed by atoms with E-state index in [1.807, 2.05) is 71.6 Å². The molecule has 67 heavy (non-hydrogen) atoms. The maximum atomic E-state index is 9.70. The summed E-state index contributed by atoms with van der Waals surface area (Å²) in [6.07, 6.45) is 0. The van der Waals surface area contributed by atoms with Crippen molar-refractivity contribution in [2.45, 2.75) is 0 Å². The van der Waals surface area contributed by atoms with Gasteiger partial charge in [-0.25, -0.2) is 0 Å². The fraction of sp³-hybridized carbons (Fsp3) is 0. The van der Waals surface area contributed by atoms with Crippen molar-refractivity contribution in [1.29, 1.82) is 0 Å². The van der Waals surface area contributed by atoms with Crippen LogP contribution < -0.4 is 4.90 Å². The van der Waals surface area contributed by atoms with Crippen LogP contribution in [0.5, 0.6) is 0 Å². The van der Waals surface area contributed by atoms with E-state index in [4.69, 9.17) is 0 Å². The van der Waals surface area contributed by atoms with Crippen LogP contribution in [0.15, 0.2) is 273 Å². The van der Waals surface area contributed by atoms with Gasteiger partial charge in [-0.05, 0) is 135 Å². The molecule has 12 aromatic carbocycles. The summed E-state index contributed by atoms with van der Waals surface area (Å²) in [5.41, 5.74) is 13.3. The maximum absolute atomic E-state index is 9.70. The molecule has 0 aliphatic rings. The predicted molar refractivity (Wildman–Crippen MR) is 286 cm³/mol. The van der Waals surface area contributed by atoms with Gasteiger partial charge in [-0.3, -0.25) is 0 Å². The Morgan fingerprint density at radius 2 is 0.612 bits per heavy atom. The Bertz CT molecular complexity index is 3900. The summed E-state index contributed by atoms with van der Waals surface area (Å²) in [5, 5.41) is 6.99. The van der Waals surface area contributed by atoms with Crippen LogP contribution in [0.4, 0.5) is 17.1 Å². The van der Waals surface area contributed by atoms with Gasteiger partial charge < -0.3 is 4.90 Å². The first kappa shape index (κ1) is 35.6. The highest BCUT2D eigenvalue weighted by Crippen LogP contribution is 2.42. The molecule has 0 fully saturated rings. The lowest BCUT2D eigenvalue weighted by Gasteiger charge is -2.26. The van der Waals surface area contributed by atoms with Crippen LogP contribution in [0.2, 0.25) is 0 Å². The molecule has 1 heteroatoms. The van der Waals surface area contributed by atoms with E-state index in [0.717, 1.165) is 71.6 Å². The monoisotopic (exact) mass is 855 g/mol. The first-order valence-electron chi connectivity index (χ1n) is 24.7. The molecule has 0 unspecified atom stereocenters. The van der Waals surface area contributed by atoms with Crippen molar-refractivity contribution in [2.24, 2.45) is 0 Å². The zero-order chi connectivity index (χ0) is 48.0. The summed E-state index contributed by atoms with van der Waals surface area (Å²) < 4.78 is 38.5. The van der Waals surface area contributed by atoms with Gasteiger partial charge in [-0.15, -0.1) is 0 Å². The van der Waals surface area contributed by atoms with Gasteiger partial charge in [0.1, 0.15) is 0 Å². The Morgan fingerprint density at radius 3 is 1.15 bits per heavy atom. The molecular formula is C66H45N. The average Bonchev–Trinajstić information content (AvgIpc) is 3.44. The molecule has 0 spiro atoms. The van der Waals surface area contributed by atoms with Gasteiger partial charge in [0.2, 0.25) is 0 Å². The van der Waals surface area contributed by atoms with E-state index in [1.165, 1.54) is 16.3 Å². The third-order valence-electron chi connectivity index (χ3n) is 13.0. The van der Waals surface area contributed by atoms with E-state index in [2.05, 4.69) is 182 Å². The van der Waals surface area contributed by atoms with Crippen LogP contribution in [0.25, 0.3) is 99.1 Å². The second-order valence-electron chi connectivity index (χ2n) is 16.9. The molecule has 0 bridgehead atoms. The predicted octanol–water partition coefficient (Wildman–Crippen LogP) is 18.6. The van der Waals surface area contributed by atoms with Gasteiger partial charge in [-0.1, -0.05) is 237 Å². The Labute approximate surface area is 397 Å². The van der Waals surface area contributed by atoms with Crippen molar-refractivity contribution in [1.82, 2.24) is 0 Å². The molecule has 12 rings (SSSR count). The minimum absolute atomic E-state index is 0.105. The topological polar surface area (TPSA) is 3.24 Å². The summed E-state index contributed by atoms with van der Waals surface area (Å²) in [5.74, 6) is 0. The van der Waals surface area contributed by atoms with Crippen LogP contribution in [0.1, 0.15) is 5.48 Å². The van der Waals surface area contributed by atoms with Crippen LogP contribution in [-0.2, 0) is 0 Å². The average molecular weight is 856 g/mol. The summed E-state index contributed by atoms with van der Waals surface area (Å²) in [6.45, 7) is 0. The summed E-state index contributed by atoms with van der Waals surface area (Å²) in [6, 6.07) is 85.0. The van der Waals surface area contributed by atoms with E-state index in [1.54, 1.807) is 0 Å². The van der Waals surface area contributed by atoms with Crippen LogP contribution in [0.3, 0.4) is 0 Å². The van der Waals surface area contributed by atoms with E-state index in [-0.39, 0.29) is 35.4 Å². The molecule has 12 aromatic rings. The van der Waals surface area contributed by atoms with Gasteiger partial charge in [0.05, 0.1) is 5.48 Å². The Balaban J connectivity index is 0.956. The zero-order valence-electron chi connectivity index (χ0n) is 40.6. The number of hydrogen-bond donors (Lipinski definition) is 0. The number of benzene rings is 12. The van der Waals surface area contributed by atoms with Gasteiger partial charge in [0.15, 0.2) is 0 Å². The van der Waals surface area contributed by atoms with Gasteiger partial charge >= 0.3 is 0 Å². The van der Waals surface area contributed by atoms with E-state index >= 15 is 0 Å². The second-order valence-corrected chi connectivity index (χ2v) is 16.9. The maximum Gasteiger partial charge on any atom is 0.0645 e. The largest absolute Gasteiger partial charge is 0.311 e. The molecule has 0 aromatic heterocycles. The smallest absolute Gasteiger partial charge is 0.0645 e. The van der Waals surface area contributed by atoms with Crippen molar-refractivity contribution >= 4 is 49.4 Å². The molecule has 314 valence electrons. The van der Waals surface area contributed by atoms with Gasteiger partial charge in [0, 0.05) is 17.1 Å². The Kier molecular flexibility index (Phi) is 9.19. The van der Waals surface area contributed by atoms with E-state index < -0.39 is 0 Å². The summed E-state index contributed by atoms with van der Waals surface area (Å²) >= 11 is 0. The van der Waals surface area contributed by atoms with Crippen LogP contribution in [0, 0.1) is 0 Å². The molecule has 0 heterocycles. The van der Waals surface area contributed by atoms with Gasteiger partial charge in [0.25, 0.3) is 0 Å². The molecule has 1 nitrogen and oxygen atoms in total. The SMILES string of the molecule is [2H]c1c([2H])c(N(c2ccc(-c3ccc(-c4cccc5ccccc45)cc3)cc2)c2ccc(-c3c(-c4ccccc4)ccc4ccccc34)cc2)c([2H])c([2H])c1-c1ccc(-c2cccc3ccccc23)cc1.